The fourth-order valence-corrected chi connectivity index (χ4v) is 3.28. The summed E-state index contributed by atoms with van der Waals surface area (Å²) in [4.78, 5) is 6.73. The minimum absolute atomic E-state index is 0.166. The molecule has 2 atom stereocenters. The van der Waals surface area contributed by atoms with Crippen LogP contribution in [0.25, 0.3) is 0 Å². The largest absolute Gasteiger partial charge is 0.375 e. The monoisotopic (exact) mass is 317 g/mol. The van der Waals surface area contributed by atoms with Crippen molar-refractivity contribution in [2.24, 2.45) is 4.99 Å². The first-order valence-corrected chi connectivity index (χ1v) is 8.59. The Bertz CT molecular complexity index is 500. The predicted octanol–water partition coefficient (Wildman–Crippen LogP) is 1.68. The lowest BCUT2D eigenvalue weighted by molar-refractivity contribution is -0.0816. The Morgan fingerprint density at radius 3 is 2.78 bits per heavy atom. The van der Waals surface area contributed by atoms with Gasteiger partial charge in [0.05, 0.1) is 12.7 Å². The maximum absolute atomic E-state index is 5.91. The molecule has 0 aliphatic carbocycles. The Kier molecular flexibility index (Phi) is 5.88. The summed E-state index contributed by atoms with van der Waals surface area (Å²) in [6.45, 7) is 4.24. The highest BCUT2D eigenvalue weighted by Gasteiger charge is 2.32. The molecule has 0 aromatic heterocycles. The van der Waals surface area contributed by atoms with Gasteiger partial charge < -0.3 is 19.7 Å². The molecule has 2 aliphatic heterocycles. The smallest absolute Gasteiger partial charge is 0.193 e. The SMILES string of the molecule is CN=C(NCCc1ccccc1)N1CCOC(C2CCCO2)C1. The van der Waals surface area contributed by atoms with Crippen LogP contribution < -0.4 is 5.32 Å². The van der Waals surface area contributed by atoms with Crippen LogP contribution in [0.1, 0.15) is 18.4 Å². The molecule has 0 bridgehead atoms. The highest BCUT2D eigenvalue weighted by molar-refractivity contribution is 5.80. The molecule has 0 radical (unpaired) electrons. The molecule has 2 aliphatic rings. The van der Waals surface area contributed by atoms with Gasteiger partial charge in [0, 0.05) is 33.3 Å². The van der Waals surface area contributed by atoms with Gasteiger partial charge in [0.2, 0.25) is 0 Å². The van der Waals surface area contributed by atoms with Gasteiger partial charge in [-0.2, -0.15) is 0 Å². The van der Waals surface area contributed by atoms with E-state index in [9.17, 15) is 0 Å². The molecule has 5 heteroatoms. The molecule has 126 valence electrons. The van der Waals surface area contributed by atoms with Crippen molar-refractivity contribution in [3.8, 4) is 0 Å². The van der Waals surface area contributed by atoms with E-state index in [0.717, 1.165) is 58.1 Å². The number of guanidine groups is 1. The number of ether oxygens (including phenoxy) is 2. The minimum atomic E-state index is 0.166. The van der Waals surface area contributed by atoms with Crippen LogP contribution >= 0.6 is 0 Å². The average Bonchev–Trinajstić information content (AvgIpc) is 3.14. The number of rotatable bonds is 4. The van der Waals surface area contributed by atoms with E-state index in [1.165, 1.54) is 5.56 Å². The third-order valence-electron chi connectivity index (χ3n) is 4.52. The fourth-order valence-electron chi connectivity index (χ4n) is 3.28. The molecule has 2 heterocycles. The molecule has 23 heavy (non-hydrogen) atoms. The molecule has 2 unspecified atom stereocenters. The van der Waals surface area contributed by atoms with E-state index in [-0.39, 0.29) is 12.2 Å². The van der Waals surface area contributed by atoms with E-state index in [4.69, 9.17) is 9.47 Å². The summed E-state index contributed by atoms with van der Waals surface area (Å²) < 4.78 is 11.7. The number of morpholine rings is 1. The Morgan fingerprint density at radius 1 is 1.22 bits per heavy atom. The number of nitrogens with zero attached hydrogens (tertiary/aromatic N) is 2. The standard InChI is InChI=1S/C18H27N3O2/c1-19-18(20-10-9-15-6-3-2-4-7-15)21-11-13-23-17(14-21)16-8-5-12-22-16/h2-4,6-7,16-17H,5,8-14H2,1H3,(H,19,20). The molecule has 5 nitrogen and oxygen atoms in total. The fraction of sp³-hybridized carbons (Fsp3) is 0.611. The summed E-state index contributed by atoms with van der Waals surface area (Å²) in [5.41, 5.74) is 1.34. The van der Waals surface area contributed by atoms with Crippen molar-refractivity contribution in [1.82, 2.24) is 10.2 Å². The zero-order chi connectivity index (χ0) is 15.9. The predicted molar refractivity (Wildman–Crippen MR) is 91.8 cm³/mol. The van der Waals surface area contributed by atoms with Crippen molar-refractivity contribution >= 4 is 5.96 Å². The van der Waals surface area contributed by atoms with Crippen molar-refractivity contribution in [2.75, 3.05) is 39.9 Å². The van der Waals surface area contributed by atoms with Gasteiger partial charge in [-0.15, -0.1) is 0 Å². The first-order valence-electron chi connectivity index (χ1n) is 8.59. The molecular weight excluding hydrogens is 290 g/mol. The molecular formula is C18H27N3O2. The third-order valence-corrected chi connectivity index (χ3v) is 4.52. The normalized spacial score (nSPS) is 25.6. The molecule has 2 fully saturated rings. The molecule has 1 aromatic carbocycles. The highest BCUT2D eigenvalue weighted by Crippen LogP contribution is 2.21. The lowest BCUT2D eigenvalue weighted by atomic mass is 10.1. The Hall–Kier alpha value is -1.59. The maximum atomic E-state index is 5.91. The molecule has 1 N–H and O–H groups in total. The van der Waals surface area contributed by atoms with Crippen molar-refractivity contribution in [3.05, 3.63) is 35.9 Å². The Labute approximate surface area is 138 Å². The van der Waals surface area contributed by atoms with Gasteiger partial charge in [0.15, 0.2) is 5.96 Å². The number of nitrogens with one attached hydrogen (secondary N) is 1. The number of aliphatic imine (C=N–C) groups is 1. The van der Waals surface area contributed by atoms with Crippen LogP contribution in [-0.4, -0.2) is 63.0 Å². The van der Waals surface area contributed by atoms with Crippen LogP contribution in [0.4, 0.5) is 0 Å². The zero-order valence-corrected chi connectivity index (χ0v) is 13.9. The van der Waals surface area contributed by atoms with Crippen LogP contribution in [0.2, 0.25) is 0 Å². The Morgan fingerprint density at radius 2 is 2.04 bits per heavy atom. The van der Waals surface area contributed by atoms with E-state index in [1.54, 1.807) is 0 Å². The van der Waals surface area contributed by atoms with E-state index in [1.807, 2.05) is 7.05 Å². The highest BCUT2D eigenvalue weighted by atomic mass is 16.5. The average molecular weight is 317 g/mol. The molecule has 0 spiro atoms. The second-order valence-electron chi connectivity index (χ2n) is 6.12. The van der Waals surface area contributed by atoms with Crippen LogP contribution in [0.5, 0.6) is 0 Å². The third kappa shape index (κ3) is 4.45. The van der Waals surface area contributed by atoms with Crippen LogP contribution in [0.15, 0.2) is 35.3 Å². The first kappa shape index (κ1) is 16.3. The molecule has 3 rings (SSSR count). The summed E-state index contributed by atoms with van der Waals surface area (Å²) in [7, 11) is 1.85. The summed E-state index contributed by atoms with van der Waals surface area (Å²) in [5, 5.41) is 3.48. The van der Waals surface area contributed by atoms with Crippen molar-refractivity contribution < 1.29 is 9.47 Å². The maximum Gasteiger partial charge on any atom is 0.193 e. The van der Waals surface area contributed by atoms with Crippen molar-refractivity contribution in [3.63, 3.8) is 0 Å². The van der Waals surface area contributed by atoms with Crippen molar-refractivity contribution in [1.29, 1.82) is 0 Å². The van der Waals surface area contributed by atoms with Gasteiger partial charge >= 0.3 is 0 Å². The quantitative estimate of drug-likeness (QED) is 0.678. The van der Waals surface area contributed by atoms with E-state index < -0.39 is 0 Å². The summed E-state index contributed by atoms with van der Waals surface area (Å²) >= 11 is 0. The second-order valence-corrected chi connectivity index (χ2v) is 6.12. The van der Waals surface area contributed by atoms with Crippen LogP contribution in [0, 0.1) is 0 Å². The number of hydrogen-bond donors (Lipinski definition) is 1. The molecule has 0 saturated carbocycles. The molecule has 1 aromatic rings. The first-order chi connectivity index (χ1) is 11.4. The van der Waals surface area contributed by atoms with Crippen LogP contribution in [-0.2, 0) is 15.9 Å². The second kappa shape index (κ2) is 8.31. The molecule has 0 amide bonds. The molecule has 2 saturated heterocycles. The lowest BCUT2D eigenvalue weighted by Crippen LogP contribution is -2.53. The van der Waals surface area contributed by atoms with Gasteiger partial charge in [-0.25, -0.2) is 0 Å². The van der Waals surface area contributed by atoms with E-state index in [2.05, 4.69) is 45.5 Å². The summed E-state index contributed by atoms with van der Waals surface area (Å²) in [6, 6.07) is 10.5. The minimum Gasteiger partial charge on any atom is -0.375 e. The van der Waals surface area contributed by atoms with Gasteiger partial charge in [-0.1, -0.05) is 30.3 Å². The van der Waals surface area contributed by atoms with E-state index in [0.29, 0.717) is 0 Å². The summed E-state index contributed by atoms with van der Waals surface area (Å²) in [6.07, 6.45) is 3.67. The van der Waals surface area contributed by atoms with Gasteiger partial charge in [0.1, 0.15) is 6.10 Å². The topological polar surface area (TPSA) is 46.1 Å². The van der Waals surface area contributed by atoms with Crippen molar-refractivity contribution in [2.45, 2.75) is 31.5 Å². The van der Waals surface area contributed by atoms with E-state index >= 15 is 0 Å². The van der Waals surface area contributed by atoms with Gasteiger partial charge in [-0.05, 0) is 24.8 Å². The summed E-state index contributed by atoms with van der Waals surface area (Å²) in [5.74, 6) is 0.965. The zero-order valence-electron chi connectivity index (χ0n) is 13.9. The number of benzene rings is 1. The van der Waals surface area contributed by atoms with Gasteiger partial charge in [-0.3, -0.25) is 4.99 Å². The van der Waals surface area contributed by atoms with Crippen LogP contribution in [0.3, 0.4) is 0 Å². The number of hydrogen-bond acceptors (Lipinski definition) is 3. The van der Waals surface area contributed by atoms with Gasteiger partial charge in [0.25, 0.3) is 0 Å². The lowest BCUT2D eigenvalue weighted by Gasteiger charge is -2.37. The Balaban J connectivity index is 1.49.